The van der Waals surface area contributed by atoms with Gasteiger partial charge in [0.25, 0.3) is 10.0 Å². The fourth-order valence-electron chi connectivity index (χ4n) is 4.19. The van der Waals surface area contributed by atoms with Gasteiger partial charge in [-0.05, 0) is 79.6 Å². The minimum absolute atomic E-state index is 0.0301. The third kappa shape index (κ3) is 7.29. The molecule has 214 valence electrons. The lowest BCUT2D eigenvalue weighted by atomic mass is 10.1. The van der Waals surface area contributed by atoms with E-state index in [-0.39, 0.29) is 29.5 Å². The molecule has 9 nitrogen and oxygen atoms in total. The van der Waals surface area contributed by atoms with Gasteiger partial charge in [0, 0.05) is 13.6 Å². The standard InChI is InChI=1S/C29H34FN3O6S/c1-5-27(29(35)31-3)32(19-21-8-7-9-25(18-21)38-4)28(34)20-33(23-12-10-22(30)11-13-23)40(36,37)26-16-14-24(15-17-26)39-6-2/h7-18,27H,5-6,19-20H2,1-4H3,(H,31,35). The van der Waals surface area contributed by atoms with Crippen LogP contribution in [-0.2, 0) is 26.2 Å². The minimum atomic E-state index is -4.28. The maximum absolute atomic E-state index is 13.9. The molecule has 3 aromatic carbocycles. The number of rotatable bonds is 13. The number of nitrogens with one attached hydrogen (secondary N) is 1. The Kier molecular flexibility index (Phi) is 10.5. The lowest BCUT2D eigenvalue weighted by molar-refractivity contribution is -0.140. The quantitative estimate of drug-likeness (QED) is 0.333. The number of methoxy groups -OCH3 is 1. The average Bonchev–Trinajstić information content (AvgIpc) is 2.96. The lowest BCUT2D eigenvalue weighted by Crippen LogP contribution is -2.51. The van der Waals surface area contributed by atoms with Crippen molar-refractivity contribution >= 4 is 27.5 Å². The van der Waals surface area contributed by atoms with Crippen molar-refractivity contribution in [2.24, 2.45) is 0 Å². The number of hydrogen-bond acceptors (Lipinski definition) is 6. The molecule has 2 amide bonds. The topological polar surface area (TPSA) is 105 Å². The van der Waals surface area contributed by atoms with Crippen LogP contribution >= 0.6 is 0 Å². The number of carbonyl (C=O) groups excluding carboxylic acids is 2. The molecule has 3 aromatic rings. The second-order valence-electron chi connectivity index (χ2n) is 8.80. The molecule has 0 aliphatic heterocycles. The van der Waals surface area contributed by atoms with Crippen LogP contribution in [0.4, 0.5) is 10.1 Å². The number of amides is 2. The van der Waals surface area contributed by atoms with Crippen molar-refractivity contribution in [2.75, 3.05) is 31.6 Å². The minimum Gasteiger partial charge on any atom is -0.497 e. The summed E-state index contributed by atoms with van der Waals surface area (Å²) in [4.78, 5) is 28.0. The van der Waals surface area contributed by atoms with E-state index in [9.17, 15) is 22.4 Å². The van der Waals surface area contributed by atoms with E-state index in [1.54, 1.807) is 31.2 Å². The van der Waals surface area contributed by atoms with Crippen LogP contribution in [0.3, 0.4) is 0 Å². The van der Waals surface area contributed by atoms with Gasteiger partial charge in [-0.25, -0.2) is 12.8 Å². The molecule has 40 heavy (non-hydrogen) atoms. The maximum atomic E-state index is 13.9. The first-order chi connectivity index (χ1) is 19.1. The van der Waals surface area contributed by atoms with Crippen LogP contribution in [0.2, 0.25) is 0 Å². The highest BCUT2D eigenvalue weighted by Crippen LogP contribution is 2.27. The highest BCUT2D eigenvalue weighted by Gasteiger charge is 2.33. The van der Waals surface area contributed by atoms with Gasteiger partial charge < -0.3 is 19.7 Å². The van der Waals surface area contributed by atoms with Gasteiger partial charge in [-0.2, -0.15) is 0 Å². The van der Waals surface area contributed by atoms with Gasteiger partial charge in [0.1, 0.15) is 29.9 Å². The second-order valence-corrected chi connectivity index (χ2v) is 10.7. The molecule has 0 spiro atoms. The molecule has 3 rings (SSSR count). The highest BCUT2D eigenvalue weighted by atomic mass is 32.2. The summed E-state index contributed by atoms with van der Waals surface area (Å²) in [5.74, 6) is -0.493. The monoisotopic (exact) mass is 571 g/mol. The molecule has 0 aromatic heterocycles. The van der Waals surface area contributed by atoms with E-state index in [2.05, 4.69) is 5.32 Å². The molecule has 1 unspecified atom stereocenters. The number of hydrogen-bond donors (Lipinski definition) is 1. The molecule has 0 aliphatic rings. The zero-order valence-electron chi connectivity index (χ0n) is 23.0. The van der Waals surface area contributed by atoms with Gasteiger partial charge in [0.15, 0.2) is 0 Å². The Morgan fingerprint density at radius 2 is 1.65 bits per heavy atom. The van der Waals surface area contributed by atoms with Crippen LogP contribution in [0.25, 0.3) is 0 Å². The average molecular weight is 572 g/mol. The molecule has 1 N–H and O–H groups in total. The van der Waals surface area contributed by atoms with Crippen LogP contribution in [-0.4, -0.2) is 58.5 Å². The summed E-state index contributed by atoms with van der Waals surface area (Å²) in [7, 11) is -1.29. The third-order valence-electron chi connectivity index (χ3n) is 6.24. The number of likely N-dealkylation sites (N-methyl/N-ethyl adjacent to an activating group) is 1. The molecule has 0 bridgehead atoms. The number of benzene rings is 3. The number of carbonyl (C=O) groups is 2. The number of anilines is 1. The molecule has 0 fully saturated rings. The first-order valence-corrected chi connectivity index (χ1v) is 14.2. The van der Waals surface area contributed by atoms with E-state index in [1.807, 2.05) is 6.92 Å². The second kappa shape index (κ2) is 13.8. The van der Waals surface area contributed by atoms with E-state index in [0.717, 1.165) is 16.4 Å². The van der Waals surface area contributed by atoms with Crippen molar-refractivity contribution < 1.29 is 31.9 Å². The number of ether oxygens (including phenoxy) is 2. The van der Waals surface area contributed by atoms with Crippen molar-refractivity contribution in [1.82, 2.24) is 10.2 Å². The first kappa shape index (κ1) is 30.4. The van der Waals surface area contributed by atoms with Crippen LogP contribution in [0.1, 0.15) is 25.8 Å². The molecular weight excluding hydrogens is 537 g/mol. The van der Waals surface area contributed by atoms with Crippen molar-refractivity contribution in [1.29, 1.82) is 0 Å². The molecule has 0 heterocycles. The van der Waals surface area contributed by atoms with Gasteiger partial charge >= 0.3 is 0 Å². The molecule has 0 radical (unpaired) electrons. The Bertz CT molecular complexity index is 1400. The Morgan fingerprint density at radius 3 is 2.23 bits per heavy atom. The Labute approximate surface area is 234 Å². The van der Waals surface area contributed by atoms with Gasteiger partial charge in [-0.1, -0.05) is 19.1 Å². The Hall–Kier alpha value is -4.12. The zero-order chi connectivity index (χ0) is 29.3. The molecule has 11 heteroatoms. The van der Waals surface area contributed by atoms with E-state index < -0.39 is 34.3 Å². The van der Waals surface area contributed by atoms with Crippen molar-refractivity contribution in [2.45, 2.75) is 37.8 Å². The molecule has 0 saturated carbocycles. The summed E-state index contributed by atoms with van der Waals surface area (Å²) in [5, 5.41) is 2.58. The van der Waals surface area contributed by atoms with Crippen molar-refractivity contribution in [3.8, 4) is 11.5 Å². The third-order valence-corrected chi connectivity index (χ3v) is 8.02. The van der Waals surface area contributed by atoms with Crippen LogP contribution < -0.4 is 19.1 Å². The SMILES string of the molecule is CCOc1ccc(S(=O)(=O)N(CC(=O)N(Cc2cccc(OC)c2)C(CC)C(=O)NC)c2ccc(F)cc2)cc1. The maximum Gasteiger partial charge on any atom is 0.264 e. The van der Waals surface area contributed by atoms with Gasteiger partial charge in [0.2, 0.25) is 11.8 Å². The first-order valence-electron chi connectivity index (χ1n) is 12.8. The predicted molar refractivity (Wildman–Crippen MR) is 150 cm³/mol. The fourth-order valence-corrected chi connectivity index (χ4v) is 5.61. The summed E-state index contributed by atoms with van der Waals surface area (Å²) >= 11 is 0. The predicted octanol–water partition coefficient (Wildman–Crippen LogP) is 3.98. The smallest absolute Gasteiger partial charge is 0.264 e. The van der Waals surface area contributed by atoms with Gasteiger partial charge in [0.05, 0.1) is 24.3 Å². The summed E-state index contributed by atoms with van der Waals surface area (Å²) in [5.41, 5.74) is 0.788. The van der Waals surface area contributed by atoms with Gasteiger partial charge in [-0.15, -0.1) is 0 Å². The molecular formula is C29H34FN3O6S. The highest BCUT2D eigenvalue weighted by molar-refractivity contribution is 7.92. The van der Waals surface area contributed by atoms with E-state index in [1.165, 1.54) is 55.5 Å². The lowest BCUT2D eigenvalue weighted by Gasteiger charge is -2.33. The van der Waals surface area contributed by atoms with Gasteiger partial charge in [-0.3, -0.25) is 13.9 Å². The number of sulfonamides is 1. The van der Waals surface area contributed by atoms with Crippen molar-refractivity contribution in [3.63, 3.8) is 0 Å². The largest absolute Gasteiger partial charge is 0.497 e. The van der Waals surface area contributed by atoms with E-state index in [0.29, 0.717) is 23.7 Å². The zero-order valence-corrected chi connectivity index (χ0v) is 23.8. The summed E-state index contributed by atoms with van der Waals surface area (Å²) in [6, 6.07) is 16.8. The van der Waals surface area contributed by atoms with Crippen LogP contribution in [0.5, 0.6) is 11.5 Å². The fraction of sp³-hybridized carbons (Fsp3) is 0.310. The van der Waals surface area contributed by atoms with Crippen LogP contribution in [0, 0.1) is 5.82 Å². The van der Waals surface area contributed by atoms with Crippen LogP contribution in [0.15, 0.2) is 77.7 Å². The Balaban J connectivity index is 2.04. The van der Waals surface area contributed by atoms with Crippen molar-refractivity contribution in [3.05, 3.63) is 84.2 Å². The molecule has 1 atom stereocenters. The number of halogens is 1. The summed E-state index contributed by atoms with van der Waals surface area (Å²) in [6.45, 7) is 3.39. The molecule has 0 saturated heterocycles. The Morgan fingerprint density at radius 1 is 0.975 bits per heavy atom. The van der Waals surface area contributed by atoms with E-state index in [4.69, 9.17) is 9.47 Å². The summed E-state index contributed by atoms with van der Waals surface area (Å²) < 4.78 is 53.1. The van der Waals surface area contributed by atoms with E-state index >= 15 is 0 Å². The number of nitrogens with zero attached hydrogens (tertiary/aromatic N) is 2. The molecule has 0 aliphatic carbocycles. The normalized spacial score (nSPS) is 11.8. The summed E-state index contributed by atoms with van der Waals surface area (Å²) in [6.07, 6.45) is 0.289.